The number of rotatable bonds is 5. The summed E-state index contributed by atoms with van der Waals surface area (Å²) in [5.74, 6) is -1.55. The zero-order valence-electron chi connectivity index (χ0n) is 13.6. The third-order valence-electron chi connectivity index (χ3n) is 2.63. The number of alkyl carbamates (subject to hydrolysis) is 1. The summed E-state index contributed by atoms with van der Waals surface area (Å²) < 4.78 is 5.10. The van der Waals surface area contributed by atoms with E-state index in [9.17, 15) is 14.4 Å². The van der Waals surface area contributed by atoms with Gasteiger partial charge in [-0.25, -0.2) is 9.59 Å². The number of hydroxylamine groups is 1. The lowest BCUT2D eigenvalue weighted by Gasteiger charge is -2.24. The van der Waals surface area contributed by atoms with Crippen LogP contribution in [0.3, 0.4) is 0 Å². The SMILES string of the molecule is CCCC(=O)ONC(=O)C(C)C(C)NC(=O)OC(C)(C)C. The summed E-state index contributed by atoms with van der Waals surface area (Å²) in [5, 5.41) is 2.57. The molecule has 0 aliphatic heterocycles. The molecule has 21 heavy (non-hydrogen) atoms. The second-order valence-corrected chi connectivity index (χ2v) is 5.91. The first kappa shape index (κ1) is 19.2. The molecule has 122 valence electrons. The molecule has 0 rings (SSSR count). The molecule has 0 aromatic carbocycles. The van der Waals surface area contributed by atoms with Gasteiger partial charge in [-0.15, -0.1) is 0 Å². The van der Waals surface area contributed by atoms with Crippen LogP contribution >= 0.6 is 0 Å². The first-order valence-corrected chi connectivity index (χ1v) is 7.05. The standard InChI is InChI=1S/C14H26N2O5/c1-7-8-11(17)21-16-12(18)9(2)10(3)15-13(19)20-14(4,5)6/h9-10H,7-8H2,1-6H3,(H,15,19)(H,16,18). The van der Waals surface area contributed by atoms with Gasteiger partial charge in [0.05, 0.1) is 5.92 Å². The van der Waals surface area contributed by atoms with E-state index < -0.39 is 35.5 Å². The highest BCUT2D eigenvalue weighted by molar-refractivity contribution is 5.81. The highest BCUT2D eigenvalue weighted by atomic mass is 16.7. The average Bonchev–Trinajstić information content (AvgIpc) is 2.32. The normalized spacial score (nSPS) is 13.8. The van der Waals surface area contributed by atoms with E-state index in [1.54, 1.807) is 34.6 Å². The van der Waals surface area contributed by atoms with Crippen LogP contribution in [-0.4, -0.2) is 29.6 Å². The minimum atomic E-state index is -0.606. The molecule has 0 aliphatic carbocycles. The Morgan fingerprint density at radius 2 is 1.71 bits per heavy atom. The maximum Gasteiger partial charge on any atom is 0.407 e. The molecular formula is C14H26N2O5. The maximum atomic E-state index is 11.8. The number of amides is 2. The van der Waals surface area contributed by atoms with E-state index in [1.807, 2.05) is 6.92 Å². The molecular weight excluding hydrogens is 276 g/mol. The highest BCUT2D eigenvalue weighted by Crippen LogP contribution is 2.09. The Morgan fingerprint density at radius 1 is 1.14 bits per heavy atom. The van der Waals surface area contributed by atoms with Crippen molar-refractivity contribution < 1.29 is 24.0 Å². The topological polar surface area (TPSA) is 93.7 Å². The van der Waals surface area contributed by atoms with Crippen molar-refractivity contribution in [2.45, 2.75) is 66.0 Å². The summed E-state index contributed by atoms with van der Waals surface area (Å²) in [6.45, 7) is 10.4. The largest absolute Gasteiger partial charge is 0.444 e. The summed E-state index contributed by atoms with van der Waals surface area (Å²) in [6.07, 6.45) is 0.277. The Balaban J connectivity index is 4.24. The van der Waals surface area contributed by atoms with E-state index >= 15 is 0 Å². The minimum absolute atomic E-state index is 0.236. The van der Waals surface area contributed by atoms with Gasteiger partial charge in [-0.05, 0) is 34.1 Å². The number of hydrogen-bond donors (Lipinski definition) is 2. The Kier molecular flexibility index (Phi) is 7.76. The van der Waals surface area contributed by atoms with Gasteiger partial charge in [0.2, 0.25) is 0 Å². The molecule has 2 atom stereocenters. The van der Waals surface area contributed by atoms with Gasteiger partial charge >= 0.3 is 12.1 Å². The second-order valence-electron chi connectivity index (χ2n) is 5.91. The van der Waals surface area contributed by atoms with Gasteiger partial charge in [0.15, 0.2) is 0 Å². The Labute approximate surface area is 125 Å². The molecule has 0 aromatic heterocycles. The van der Waals surface area contributed by atoms with Crippen molar-refractivity contribution in [2.24, 2.45) is 5.92 Å². The number of carbonyl (C=O) groups excluding carboxylic acids is 3. The average molecular weight is 302 g/mol. The fourth-order valence-electron chi connectivity index (χ4n) is 1.30. The number of ether oxygens (including phenoxy) is 1. The van der Waals surface area contributed by atoms with Crippen molar-refractivity contribution in [1.82, 2.24) is 10.8 Å². The fraction of sp³-hybridized carbons (Fsp3) is 0.786. The minimum Gasteiger partial charge on any atom is -0.444 e. The van der Waals surface area contributed by atoms with Gasteiger partial charge in [0.1, 0.15) is 5.60 Å². The summed E-state index contributed by atoms with van der Waals surface area (Å²) >= 11 is 0. The van der Waals surface area contributed by atoms with E-state index in [4.69, 9.17) is 4.74 Å². The van der Waals surface area contributed by atoms with Gasteiger partial charge in [-0.1, -0.05) is 13.8 Å². The molecule has 0 aromatic rings. The molecule has 0 saturated carbocycles. The number of nitrogens with one attached hydrogen (secondary N) is 2. The van der Waals surface area contributed by atoms with Gasteiger partial charge < -0.3 is 14.9 Å². The third-order valence-corrected chi connectivity index (χ3v) is 2.63. The van der Waals surface area contributed by atoms with Crippen LogP contribution in [0, 0.1) is 5.92 Å². The quantitative estimate of drug-likeness (QED) is 0.757. The smallest absolute Gasteiger partial charge is 0.407 e. The third kappa shape index (κ3) is 8.88. The molecule has 0 radical (unpaired) electrons. The van der Waals surface area contributed by atoms with Crippen molar-refractivity contribution in [3.63, 3.8) is 0 Å². The summed E-state index contributed by atoms with van der Waals surface area (Å²) in [7, 11) is 0. The van der Waals surface area contributed by atoms with Gasteiger partial charge in [0.25, 0.3) is 5.91 Å². The summed E-state index contributed by atoms with van der Waals surface area (Å²) in [5.41, 5.74) is 1.48. The molecule has 7 heteroatoms. The Hall–Kier alpha value is -1.79. The second kappa shape index (κ2) is 8.49. The van der Waals surface area contributed by atoms with Crippen molar-refractivity contribution in [2.75, 3.05) is 0 Å². The predicted molar refractivity (Wildman–Crippen MR) is 77.1 cm³/mol. The van der Waals surface area contributed by atoms with E-state index in [0.29, 0.717) is 6.42 Å². The van der Waals surface area contributed by atoms with Gasteiger partial charge in [0, 0.05) is 12.5 Å². The lowest BCUT2D eigenvalue weighted by atomic mass is 10.0. The first-order chi connectivity index (χ1) is 9.56. The van der Waals surface area contributed by atoms with Crippen molar-refractivity contribution in [1.29, 1.82) is 0 Å². The van der Waals surface area contributed by atoms with Crippen LogP contribution in [0.1, 0.15) is 54.4 Å². The van der Waals surface area contributed by atoms with Crippen LogP contribution in [0.2, 0.25) is 0 Å². The van der Waals surface area contributed by atoms with Gasteiger partial charge in [-0.2, -0.15) is 5.48 Å². The monoisotopic (exact) mass is 302 g/mol. The number of hydrogen-bond acceptors (Lipinski definition) is 5. The van der Waals surface area contributed by atoms with Gasteiger partial charge in [-0.3, -0.25) is 4.79 Å². The maximum absolute atomic E-state index is 11.8. The van der Waals surface area contributed by atoms with Crippen molar-refractivity contribution in [3.05, 3.63) is 0 Å². The molecule has 0 aliphatic rings. The molecule has 2 N–H and O–H groups in total. The molecule has 0 saturated heterocycles. The van der Waals surface area contributed by atoms with Crippen LogP contribution in [0.25, 0.3) is 0 Å². The molecule has 2 amide bonds. The number of carbonyl (C=O) groups is 3. The fourth-order valence-corrected chi connectivity index (χ4v) is 1.30. The molecule has 0 spiro atoms. The van der Waals surface area contributed by atoms with E-state index in [-0.39, 0.29) is 6.42 Å². The Morgan fingerprint density at radius 3 is 2.19 bits per heavy atom. The van der Waals surface area contributed by atoms with Crippen molar-refractivity contribution >= 4 is 18.0 Å². The Bertz CT molecular complexity index is 376. The van der Waals surface area contributed by atoms with Crippen LogP contribution in [0.4, 0.5) is 4.79 Å². The molecule has 0 heterocycles. The molecule has 7 nitrogen and oxygen atoms in total. The molecule has 0 fully saturated rings. The zero-order chi connectivity index (χ0) is 16.6. The van der Waals surface area contributed by atoms with E-state index in [0.717, 1.165) is 0 Å². The first-order valence-electron chi connectivity index (χ1n) is 7.05. The summed E-state index contributed by atoms with van der Waals surface area (Å²) in [6, 6.07) is -0.468. The zero-order valence-corrected chi connectivity index (χ0v) is 13.6. The molecule has 2 unspecified atom stereocenters. The van der Waals surface area contributed by atoms with Crippen LogP contribution in [0.15, 0.2) is 0 Å². The summed E-state index contributed by atoms with van der Waals surface area (Å²) in [4.78, 5) is 39.1. The lowest BCUT2D eigenvalue weighted by molar-refractivity contribution is -0.159. The highest BCUT2D eigenvalue weighted by Gasteiger charge is 2.25. The van der Waals surface area contributed by atoms with Crippen LogP contribution in [0.5, 0.6) is 0 Å². The predicted octanol–water partition coefficient (Wildman–Crippen LogP) is 1.91. The van der Waals surface area contributed by atoms with Crippen molar-refractivity contribution in [3.8, 4) is 0 Å². The van der Waals surface area contributed by atoms with Crippen LogP contribution < -0.4 is 10.8 Å². The van der Waals surface area contributed by atoms with Crippen LogP contribution in [-0.2, 0) is 19.2 Å². The van der Waals surface area contributed by atoms with E-state index in [1.165, 1.54) is 0 Å². The molecule has 0 bridgehead atoms. The van der Waals surface area contributed by atoms with E-state index in [2.05, 4.69) is 15.6 Å². The lowest BCUT2D eigenvalue weighted by Crippen LogP contribution is -2.45.